The number of halogens is 1. The van der Waals surface area contributed by atoms with E-state index < -0.39 is 0 Å². The number of aryl methyl sites for hydroxylation is 1. The fourth-order valence-corrected chi connectivity index (χ4v) is 1.95. The zero-order valence-electron chi connectivity index (χ0n) is 11.5. The molecular weight excluding hydrogens is 255 g/mol. The zero-order valence-corrected chi connectivity index (χ0v) is 11.5. The molecule has 0 aliphatic carbocycles. The minimum absolute atomic E-state index is 0.100. The van der Waals surface area contributed by atoms with Crippen LogP contribution < -0.4 is 10.6 Å². The van der Waals surface area contributed by atoms with Crippen LogP contribution in [-0.4, -0.2) is 6.03 Å². The number of rotatable bonds is 3. The average molecular weight is 272 g/mol. The summed E-state index contributed by atoms with van der Waals surface area (Å²) >= 11 is 0. The Morgan fingerprint density at radius 3 is 2.50 bits per heavy atom. The average Bonchev–Trinajstić information content (AvgIpc) is 2.43. The van der Waals surface area contributed by atoms with E-state index in [0.29, 0.717) is 11.3 Å². The van der Waals surface area contributed by atoms with Crippen LogP contribution in [-0.2, 0) is 0 Å². The van der Waals surface area contributed by atoms with E-state index >= 15 is 0 Å². The lowest BCUT2D eigenvalue weighted by Crippen LogP contribution is -2.31. The van der Waals surface area contributed by atoms with Crippen molar-refractivity contribution in [3.63, 3.8) is 0 Å². The molecule has 0 aliphatic rings. The summed E-state index contributed by atoms with van der Waals surface area (Å²) in [6.45, 7) is 3.66. The Balaban J connectivity index is 1.99. The van der Waals surface area contributed by atoms with Crippen LogP contribution in [0.25, 0.3) is 0 Å². The van der Waals surface area contributed by atoms with Gasteiger partial charge in [0.25, 0.3) is 0 Å². The quantitative estimate of drug-likeness (QED) is 0.870. The van der Waals surface area contributed by atoms with Crippen LogP contribution in [0, 0.1) is 12.7 Å². The Kier molecular flexibility index (Phi) is 4.35. The van der Waals surface area contributed by atoms with Crippen molar-refractivity contribution in [2.75, 3.05) is 5.32 Å². The molecule has 0 heterocycles. The number of urea groups is 1. The van der Waals surface area contributed by atoms with Crippen LogP contribution in [0.3, 0.4) is 0 Å². The van der Waals surface area contributed by atoms with E-state index in [4.69, 9.17) is 0 Å². The highest BCUT2D eigenvalue weighted by molar-refractivity contribution is 5.90. The third kappa shape index (κ3) is 3.57. The first-order valence-electron chi connectivity index (χ1n) is 6.45. The fraction of sp³-hybridized carbons (Fsp3) is 0.188. The van der Waals surface area contributed by atoms with Crippen LogP contribution in [0.4, 0.5) is 14.9 Å². The summed E-state index contributed by atoms with van der Waals surface area (Å²) in [6.07, 6.45) is 0. The lowest BCUT2D eigenvalue weighted by Gasteiger charge is -2.15. The van der Waals surface area contributed by atoms with E-state index in [1.165, 1.54) is 12.1 Å². The van der Waals surface area contributed by atoms with Gasteiger partial charge in [-0.2, -0.15) is 0 Å². The first-order chi connectivity index (χ1) is 9.56. The zero-order chi connectivity index (χ0) is 14.5. The molecule has 0 aliphatic heterocycles. The van der Waals surface area contributed by atoms with Crippen LogP contribution in [0.2, 0.25) is 0 Å². The summed E-state index contributed by atoms with van der Waals surface area (Å²) < 4.78 is 13.0. The molecule has 4 heteroatoms. The summed E-state index contributed by atoms with van der Waals surface area (Å²) in [6, 6.07) is 13.5. The van der Waals surface area contributed by atoms with Crippen LogP contribution in [0.15, 0.2) is 48.5 Å². The topological polar surface area (TPSA) is 41.1 Å². The van der Waals surface area contributed by atoms with Gasteiger partial charge in [-0.05, 0) is 43.2 Å². The summed E-state index contributed by atoms with van der Waals surface area (Å²) in [7, 11) is 0. The van der Waals surface area contributed by atoms with Gasteiger partial charge in [0.15, 0.2) is 0 Å². The number of anilines is 1. The molecule has 0 saturated heterocycles. The third-order valence-electron chi connectivity index (χ3n) is 3.08. The van der Waals surface area contributed by atoms with Crippen molar-refractivity contribution in [3.8, 4) is 0 Å². The molecule has 2 aromatic carbocycles. The predicted molar refractivity (Wildman–Crippen MR) is 78.1 cm³/mol. The molecule has 0 radical (unpaired) electrons. The molecule has 2 N–H and O–H groups in total. The van der Waals surface area contributed by atoms with E-state index in [9.17, 15) is 9.18 Å². The Labute approximate surface area is 117 Å². The lowest BCUT2D eigenvalue weighted by molar-refractivity contribution is 0.249. The molecule has 20 heavy (non-hydrogen) atoms. The van der Waals surface area contributed by atoms with Gasteiger partial charge in [0.2, 0.25) is 0 Å². The van der Waals surface area contributed by atoms with E-state index in [0.717, 1.165) is 5.56 Å². The van der Waals surface area contributed by atoms with E-state index in [-0.39, 0.29) is 17.9 Å². The molecule has 2 aromatic rings. The predicted octanol–water partition coefficient (Wildman–Crippen LogP) is 4.02. The van der Waals surface area contributed by atoms with Gasteiger partial charge in [-0.25, -0.2) is 9.18 Å². The number of hydrogen-bond acceptors (Lipinski definition) is 1. The van der Waals surface area contributed by atoms with Crippen molar-refractivity contribution in [2.24, 2.45) is 0 Å². The summed E-state index contributed by atoms with van der Waals surface area (Å²) in [5.41, 5.74) is 2.31. The Morgan fingerprint density at radius 2 is 1.85 bits per heavy atom. The maximum Gasteiger partial charge on any atom is 0.319 e. The molecule has 2 rings (SSSR count). The maximum absolute atomic E-state index is 13.0. The second-order valence-electron chi connectivity index (χ2n) is 4.69. The van der Waals surface area contributed by atoms with Gasteiger partial charge >= 0.3 is 6.03 Å². The molecule has 0 aromatic heterocycles. The highest BCUT2D eigenvalue weighted by Gasteiger charge is 2.10. The first-order valence-corrected chi connectivity index (χ1v) is 6.45. The fourth-order valence-electron chi connectivity index (χ4n) is 1.95. The second kappa shape index (κ2) is 6.19. The molecule has 0 fully saturated rings. The van der Waals surface area contributed by atoms with E-state index in [1.54, 1.807) is 13.0 Å². The number of hydrogen-bond donors (Lipinski definition) is 2. The van der Waals surface area contributed by atoms with Crippen molar-refractivity contribution in [2.45, 2.75) is 19.9 Å². The van der Waals surface area contributed by atoms with Crippen molar-refractivity contribution >= 4 is 11.7 Å². The molecule has 0 spiro atoms. The normalized spacial score (nSPS) is 11.8. The largest absolute Gasteiger partial charge is 0.331 e. The summed E-state index contributed by atoms with van der Waals surface area (Å²) in [4.78, 5) is 11.9. The Morgan fingerprint density at radius 1 is 1.15 bits per heavy atom. The van der Waals surface area contributed by atoms with Gasteiger partial charge in [-0.15, -0.1) is 0 Å². The van der Waals surface area contributed by atoms with Crippen LogP contribution in [0.1, 0.15) is 24.1 Å². The molecule has 2 amide bonds. The monoisotopic (exact) mass is 272 g/mol. The minimum atomic E-state index is -0.314. The minimum Gasteiger partial charge on any atom is -0.331 e. The van der Waals surface area contributed by atoms with Gasteiger partial charge in [-0.3, -0.25) is 0 Å². The number of amides is 2. The SMILES string of the molecule is Cc1cc(F)ccc1NC(=O)N[C@H](C)c1ccccc1. The van der Waals surface area contributed by atoms with Gasteiger partial charge in [-0.1, -0.05) is 30.3 Å². The van der Waals surface area contributed by atoms with E-state index in [2.05, 4.69) is 10.6 Å². The smallest absolute Gasteiger partial charge is 0.319 e. The highest BCUT2D eigenvalue weighted by atomic mass is 19.1. The maximum atomic E-state index is 13.0. The molecular formula is C16H17FN2O. The molecule has 104 valence electrons. The van der Waals surface area contributed by atoms with Gasteiger partial charge < -0.3 is 10.6 Å². The molecule has 1 atom stereocenters. The number of carbonyl (C=O) groups excluding carboxylic acids is 1. The van der Waals surface area contributed by atoms with Crippen molar-refractivity contribution in [1.82, 2.24) is 5.32 Å². The number of nitrogens with one attached hydrogen (secondary N) is 2. The molecule has 0 unspecified atom stereocenters. The third-order valence-corrected chi connectivity index (χ3v) is 3.08. The van der Waals surface area contributed by atoms with Crippen molar-refractivity contribution in [1.29, 1.82) is 0 Å². The first kappa shape index (κ1) is 14.1. The molecule has 0 saturated carbocycles. The van der Waals surface area contributed by atoms with Crippen LogP contribution >= 0.6 is 0 Å². The van der Waals surface area contributed by atoms with Gasteiger partial charge in [0, 0.05) is 5.69 Å². The Hall–Kier alpha value is -2.36. The van der Waals surface area contributed by atoms with Gasteiger partial charge in [0.1, 0.15) is 5.82 Å². The standard InChI is InChI=1S/C16H17FN2O/c1-11-10-14(17)8-9-15(11)19-16(20)18-12(2)13-6-4-3-5-7-13/h3-10,12H,1-2H3,(H2,18,19,20)/t12-/m1/s1. The molecule has 0 bridgehead atoms. The van der Waals surface area contributed by atoms with Gasteiger partial charge in [0.05, 0.1) is 6.04 Å². The molecule has 3 nitrogen and oxygen atoms in total. The summed E-state index contributed by atoms with van der Waals surface area (Å²) in [5, 5.41) is 5.56. The van der Waals surface area contributed by atoms with E-state index in [1.807, 2.05) is 37.3 Å². The Bertz CT molecular complexity index is 599. The lowest BCUT2D eigenvalue weighted by atomic mass is 10.1. The number of benzene rings is 2. The van der Waals surface area contributed by atoms with Crippen LogP contribution in [0.5, 0.6) is 0 Å². The van der Waals surface area contributed by atoms with Crippen molar-refractivity contribution < 1.29 is 9.18 Å². The summed E-state index contributed by atoms with van der Waals surface area (Å²) in [5.74, 6) is -0.314. The highest BCUT2D eigenvalue weighted by Crippen LogP contribution is 2.16. The van der Waals surface area contributed by atoms with Crippen molar-refractivity contribution in [3.05, 3.63) is 65.5 Å². The second-order valence-corrected chi connectivity index (χ2v) is 4.69. The number of carbonyl (C=O) groups is 1.